The third kappa shape index (κ3) is 5.18. The summed E-state index contributed by atoms with van der Waals surface area (Å²) in [5, 5.41) is 3.69. The molecule has 1 aliphatic rings. The average molecular weight is 347 g/mol. The SMILES string of the molecule is CN(C)CCN(C)C(=O)O/N=C(\N)c1ccc(N2CCCC2=O)cc1. The second-order valence-corrected chi connectivity index (χ2v) is 6.25. The predicted molar refractivity (Wildman–Crippen MR) is 96.4 cm³/mol. The minimum Gasteiger partial charge on any atom is -0.380 e. The second kappa shape index (κ2) is 8.48. The van der Waals surface area contributed by atoms with Gasteiger partial charge in [-0.3, -0.25) is 9.63 Å². The molecule has 1 saturated heterocycles. The van der Waals surface area contributed by atoms with Crippen LogP contribution >= 0.6 is 0 Å². The number of anilines is 1. The molecule has 0 spiro atoms. The second-order valence-electron chi connectivity index (χ2n) is 6.25. The van der Waals surface area contributed by atoms with Crippen molar-refractivity contribution in [1.29, 1.82) is 0 Å². The number of amides is 2. The highest BCUT2D eigenvalue weighted by Gasteiger charge is 2.21. The Morgan fingerprint density at radius 3 is 2.48 bits per heavy atom. The quantitative estimate of drug-likeness (QED) is 0.360. The zero-order valence-electron chi connectivity index (χ0n) is 14.9. The number of amidine groups is 1. The minimum atomic E-state index is -0.566. The number of carbonyl (C=O) groups is 2. The summed E-state index contributed by atoms with van der Waals surface area (Å²) in [6.07, 6.45) is 0.897. The maximum atomic E-state index is 11.8. The van der Waals surface area contributed by atoms with Crippen molar-refractivity contribution in [3.8, 4) is 0 Å². The van der Waals surface area contributed by atoms with Gasteiger partial charge in [0.25, 0.3) is 0 Å². The van der Waals surface area contributed by atoms with Gasteiger partial charge in [-0.1, -0.05) is 5.16 Å². The van der Waals surface area contributed by atoms with Crippen LogP contribution in [0.4, 0.5) is 10.5 Å². The molecule has 2 N–H and O–H groups in total. The van der Waals surface area contributed by atoms with Gasteiger partial charge in [0.2, 0.25) is 5.91 Å². The molecule has 8 heteroatoms. The highest BCUT2D eigenvalue weighted by Crippen LogP contribution is 2.21. The van der Waals surface area contributed by atoms with E-state index in [2.05, 4.69) is 5.16 Å². The summed E-state index contributed by atoms with van der Waals surface area (Å²) in [5.41, 5.74) is 7.32. The largest absolute Gasteiger partial charge is 0.435 e. The number of hydrogen-bond acceptors (Lipinski definition) is 5. The van der Waals surface area contributed by atoms with E-state index in [4.69, 9.17) is 10.6 Å². The van der Waals surface area contributed by atoms with Gasteiger partial charge < -0.3 is 20.4 Å². The van der Waals surface area contributed by atoms with Gasteiger partial charge in [0.05, 0.1) is 0 Å². The van der Waals surface area contributed by atoms with Gasteiger partial charge in [-0.05, 0) is 44.8 Å². The van der Waals surface area contributed by atoms with Crippen LogP contribution in [-0.2, 0) is 9.63 Å². The van der Waals surface area contributed by atoms with Crippen molar-refractivity contribution in [2.75, 3.05) is 45.7 Å². The van der Waals surface area contributed by atoms with Crippen LogP contribution in [0.5, 0.6) is 0 Å². The normalized spacial score (nSPS) is 15.0. The molecule has 0 aliphatic carbocycles. The lowest BCUT2D eigenvalue weighted by Gasteiger charge is -2.17. The molecule has 2 rings (SSSR count). The molecule has 0 radical (unpaired) electrons. The summed E-state index contributed by atoms with van der Waals surface area (Å²) < 4.78 is 0. The first-order chi connectivity index (χ1) is 11.9. The van der Waals surface area contributed by atoms with Gasteiger partial charge in [-0.15, -0.1) is 0 Å². The first kappa shape index (κ1) is 18.7. The van der Waals surface area contributed by atoms with Crippen molar-refractivity contribution in [2.24, 2.45) is 10.9 Å². The number of rotatable bonds is 6. The van der Waals surface area contributed by atoms with Gasteiger partial charge in [0.15, 0.2) is 5.84 Å². The van der Waals surface area contributed by atoms with E-state index in [0.717, 1.165) is 25.2 Å². The lowest BCUT2D eigenvalue weighted by Crippen LogP contribution is -2.33. The lowest BCUT2D eigenvalue weighted by molar-refractivity contribution is -0.117. The molecule has 1 heterocycles. The van der Waals surface area contributed by atoms with E-state index in [9.17, 15) is 9.59 Å². The van der Waals surface area contributed by atoms with Crippen LogP contribution in [0.3, 0.4) is 0 Å². The molecule has 0 aromatic heterocycles. The molecule has 0 atom stereocenters. The number of nitrogens with two attached hydrogens (primary N) is 1. The highest BCUT2D eigenvalue weighted by atomic mass is 16.7. The van der Waals surface area contributed by atoms with Crippen LogP contribution in [0.2, 0.25) is 0 Å². The van der Waals surface area contributed by atoms with Crippen molar-refractivity contribution >= 4 is 23.5 Å². The molecule has 1 aliphatic heterocycles. The van der Waals surface area contributed by atoms with E-state index in [1.165, 1.54) is 4.90 Å². The van der Waals surface area contributed by atoms with Crippen LogP contribution in [0.15, 0.2) is 29.4 Å². The predicted octanol–water partition coefficient (Wildman–Crippen LogP) is 1.06. The smallest absolute Gasteiger partial charge is 0.380 e. The van der Waals surface area contributed by atoms with Crippen molar-refractivity contribution in [3.63, 3.8) is 0 Å². The Morgan fingerprint density at radius 2 is 1.92 bits per heavy atom. The fourth-order valence-corrected chi connectivity index (χ4v) is 2.39. The Balaban J connectivity index is 1.93. The number of oxime groups is 1. The molecule has 1 aromatic carbocycles. The third-order valence-electron chi connectivity index (χ3n) is 3.96. The highest BCUT2D eigenvalue weighted by molar-refractivity contribution is 5.99. The molecule has 1 fully saturated rings. The molecule has 25 heavy (non-hydrogen) atoms. The van der Waals surface area contributed by atoms with Gasteiger partial charge in [0, 0.05) is 44.4 Å². The van der Waals surface area contributed by atoms with E-state index >= 15 is 0 Å². The summed E-state index contributed by atoms with van der Waals surface area (Å²) in [5.74, 6) is 0.234. The Labute approximate surface area is 147 Å². The number of hydrogen-bond donors (Lipinski definition) is 1. The Bertz CT molecular complexity index is 642. The molecule has 8 nitrogen and oxygen atoms in total. The third-order valence-corrected chi connectivity index (χ3v) is 3.96. The summed E-state index contributed by atoms with van der Waals surface area (Å²) >= 11 is 0. The first-order valence-corrected chi connectivity index (χ1v) is 8.19. The van der Waals surface area contributed by atoms with Crippen molar-refractivity contribution < 1.29 is 14.4 Å². The number of carbonyl (C=O) groups excluding carboxylic acids is 2. The van der Waals surface area contributed by atoms with Gasteiger partial charge >= 0.3 is 6.09 Å². The zero-order chi connectivity index (χ0) is 18.4. The van der Waals surface area contributed by atoms with E-state index in [0.29, 0.717) is 18.5 Å². The molecule has 136 valence electrons. The summed E-state index contributed by atoms with van der Waals surface area (Å²) in [4.78, 5) is 33.6. The van der Waals surface area contributed by atoms with Gasteiger partial charge in [-0.2, -0.15) is 0 Å². The average Bonchev–Trinajstić information content (AvgIpc) is 3.03. The van der Waals surface area contributed by atoms with Gasteiger partial charge in [-0.25, -0.2) is 4.79 Å². The Morgan fingerprint density at radius 1 is 1.24 bits per heavy atom. The molecule has 0 saturated carbocycles. The lowest BCUT2D eigenvalue weighted by atomic mass is 10.2. The molecule has 0 unspecified atom stereocenters. The number of likely N-dealkylation sites (N-methyl/N-ethyl adjacent to an activating group) is 2. The minimum absolute atomic E-state index is 0.105. The Kier molecular flexibility index (Phi) is 6.35. The number of nitrogens with zero attached hydrogens (tertiary/aromatic N) is 4. The van der Waals surface area contributed by atoms with E-state index in [-0.39, 0.29) is 11.7 Å². The summed E-state index contributed by atoms with van der Waals surface area (Å²) in [6, 6.07) is 7.13. The monoisotopic (exact) mass is 347 g/mol. The van der Waals surface area contributed by atoms with E-state index in [1.54, 1.807) is 24.1 Å². The van der Waals surface area contributed by atoms with Crippen LogP contribution in [0.1, 0.15) is 18.4 Å². The van der Waals surface area contributed by atoms with Crippen LogP contribution in [-0.4, -0.2) is 68.4 Å². The van der Waals surface area contributed by atoms with E-state index in [1.807, 2.05) is 31.1 Å². The van der Waals surface area contributed by atoms with Crippen LogP contribution in [0.25, 0.3) is 0 Å². The van der Waals surface area contributed by atoms with Crippen molar-refractivity contribution in [2.45, 2.75) is 12.8 Å². The molecule has 0 bridgehead atoms. The van der Waals surface area contributed by atoms with Gasteiger partial charge in [0.1, 0.15) is 0 Å². The standard InChI is InChI=1S/C17H25N5O3/c1-20(2)11-12-21(3)17(24)25-19-16(18)13-6-8-14(9-7-13)22-10-4-5-15(22)23/h6-9H,4-5,10-12H2,1-3H3,(H2,18,19). The Hall–Kier alpha value is -2.61. The summed E-state index contributed by atoms with van der Waals surface area (Å²) in [6.45, 7) is 1.99. The van der Waals surface area contributed by atoms with Crippen molar-refractivity contribution in [1.82, 2.24) is 9.80 Å². The fourth-order valence-electron chi connectivity index (χ4n) is 2.39. The molecule has 1 aromatic rings. The first-order valence-electron chi connectivity index (χ1n) is 8.19. The molecular weight excluding hydrogens is 322 g/mol. The molecule has 2 amide bonds. The maximum absolute atomic E-state index is 11.8. The fraction of sp³-hybridized carbons (Fsp3) is 0.471. The van der Waals surface area contributed by atoms with Crippen LogP contribution < -0.4 is 10.6 Å². The zero-order valence-corrected chi connectivity index (χ0v) is 14.9. The maximum Gasteiger partial charge on any atom is 0.435 e. The van der Waals surface area contributed by atoms with Crippen molar-refractivity contribution in [3.05, 3.63) is 29.8 Å². The topological polar surface area (TPSA) is 91.5 Å². The van der Waals surface area contributed by atoms with Crippen LogP contribution in [0, 0.1) is 0 Å². The molecular formula is C17H25N5O3. The number of benzene rings is 1. The summed E-state index contributed by atoms with van der Waals surface area (Å²) in [7, 11) is 5.49. The van der Waals surface area contributed by atoms with E-state index < -0.39 is 6.09 Å².